The minimum atomic E-state index is -1.01. The number of Topliss-reactive ketones (excluding diaryl/α,β-unsaturated/α-hetero) is 1. The lowest BCUT2D eigenvalue weighted by molar-refractivity contribution is -0.137. The Balaban J connectivity index is 2.39. The van der Waals surface area contributed by atoms with Crippen LogP contribution in [0.5, 0.6) is 5.75 Å². The molecule has 1 aliphatic rings. The third kappa shape index (κ3) is 2.89. The Morgan fingerprint density at radius 3 is 2.71 bits per heavy atom. The number of benzene rings is 1. The van der Waals surface area contributed by atoms with Crippen LogP contribution in [0, 0.1) is 12.8 Å². The maximum Gasteiger partial charge on any atom is 0.304 e. The van der Waals surface area contributed by atoms with Gasteiger partial charge in [0, 0.05) is 18.5 Å². The summed E-state index contributed by atoms with van der Waals surface area (Å²) in [5.41, 5.74) is 1.66. The molecule has 0 spiro atoms. The number of likely N-dealkylation sites (N-methyl/N-ethyl adjacent to an activating group) is 1. The Labute approximate surface area is 122 Å². The van der Waals surface area contributed by atoms with Gasteiger partial charge < -0.3 is 14.7 Å². The quantitative estimate of drug-likeness (QED) is 0.853. The molecule has 0 saturated carbocycles. The summed E-state index contributed by atoms with van der Waals surface area (Å²) in [7, 11) is 1.62. The second-order valence-electron chi connectivity index (χ2n) is 5.24. The zero-order valence-corrected chi connectivity index (χ0v) is 12.2. The van der Waals surface area contributed by atoms with Crippen LogP contribution in [0.3, 0.4) is 0 Å². The van der Waals surface area contributed by atoms with Crippen molar-refractivity contribution >= 4 is 23.3 Å². The average Bonchev–Trinajstić information content (AvgIpc) is 2.41. The van der Waals surface area contributed by atoms with E-state index in [2.05, 4.69) is 0 Å². The first-order chi connectivity index (χ1) is 9.81. The lowest BCUT2D eigenvalue weighted by Gasteiger charge is -2.27. The number of carboxylic acids is 1. The molecule has 0 aliphatic carbocycles. The van der Waals surface area contributed by atoms with Gasteiger partial charge in [-0.1, -0.05) is 6.92 Å². The van der Waals surface area contributed by atoms with Gasteiger partial charge in [0.1, 0.15) is 5.75 Å². The van der Waals surface area contributed by atoms with Crippen molar-refractivity contribution in [3.63, 3.8) is 0 Å². The zero-order chi connectivity index (χ0) is 15.7. The summed E-state index contributed by atoms with van der Waals surface area (Å²) >= 11 is 0. The Morgan fingerprint density at radius 2 is 2.10 bits per heavy atom. The van der Waals surface area contributed by atoms with Crippen molar-refractivity contribution in [2.24, 2.45) is 5.92 Å². The molecule has 1 amide bonds. The van der Waals surface area contributed by atoms with Crippen molar-refractivity contribution in [3.8, 4) is 5.75 Å². The maximum atomic E-state index is 12.4. The molecule has 1 aliphatic heterocycles. The minimum absolute atomic E-state index is 0.0222. The van der Waals surface area contributed by atoms with Gasteiger partial charge in [0.2, 0.25) is 0 Å². The largest absolute Gasteiger partial charge is 0.482 e. The number of anilines is 1. The van der Waals surface area contributed by atoms with Gasteiger partial charge >= 0.3 is 5.97 Å². The number of ether oxygens (including phenoxy) is 1. The predicted octanol–water partition coefficient (Wildman–Crippen LogP) is 1.64. The molecule has 6 heteroatoms. The molecule has 0 bridgehead atoms. The van der Waals surface area contributed by atoms with Gasteiger partial charge in [-0.15, -0.1) is 0 Å². The van der Waals surface area contributed by atoms with E-state index in [9.17, 15) is 14.4 Å². The number of fused-ring (bicyclic) bond motifs is 1. The van der Waals surface area contributed by atoms with Gasteiger partial charge in [-0.2, -0.15) is 0 Å². The number of hydrogen-bond donors (Lipinski definition) is 1. The van der Waals surface area contributed by atoms with Crippen LogP contribution < -0.4 is 9.64 Å². The summed E-state index contributed by atoms with van der Waals surface area (Å²) in [6.07, 6.45) is -0.222. The molecule has 0 fully saturated rings. The summed E-state index contributed by atoms with van der Waals surface area (Å²) in [6.45, 7) is 3.33. The SMILES string of the molecule is Cc1cc2c(cc1C(=O)C(C)CC(=O)O)N(C)C(=O)CO2. The molecule has 6 nitrogen and oxygen atoms in total. The smallest absolute Gasteiger partial charge is 0.304 e. The van der Waals surface area contributed by atoms with Crippen molar-refractivity contribution < 1.29 is 24.2 Å². The Kier molecular flexibility index (Phi) is 3.97. The number of nitrogens with zero attached hydrogens (tertiary/aromatic N) is 1. The van der Waals surface area contributed by atoms with Crippen LogP contribution in [0.2, 0.25) is 0 Å². The van der Waals surface area contributed by atoms with E-state index < -0.39 is 11.9 Å². The van der Waals surface area contributed by atoms with E-state index in [1.165, 1.54) is 4.90 Å². The molecule has 1 N–H and O–H groups in total. The first kappa shape index (κ1) is 15.0. The van der Waals surface area contributed by atoms with Gasteiger partial charge in [-0.3, -0.25) is 14.4 Å². The number of carbonyl (C=O) groups excluding carboxylic acids is 2. The minimum Gasteiger partial charge on any atom is -0.482 e. The molecule has 0 aromatic heterocycles. The zero-order valence-electron chi connectivity index (χ0n) is 12.2. The van der Waals surface area contributed by atoms with E-state index in [1.807, 2.05) is 0 Å². The van der Waals surface area contributed by atoms with Gasteiger partial charge in [-0.05, 0) is 24.6 Å². The molecular formula is C15H17NO5. The average molecular weight is 291 g/mol. The van der Waals surface area contributed by atoms with Crippen LogP contribution >= 0.6 is 0 Å². The van der Waals surface area contributed by atoms with Crippen LogP contribution in [-0.4, -0.2) is 36.4 Å². The molecule has 1 heterocycles. The van der Waals surface area contributed by atoms with E-state index in [0.717, 1.165) is 0 Å². The summed E-state index contributed by atoms with van der Waals surface area (Å²) in [5.74, 6) is -1.52. The standard InChI is InChI=1S/C15H17NO5/c1-8-4-12-11(16(3)13(17)7-21-12)6-10(8)15(20)9(2)5-14(18)19/h4,6,9H,5,7H2,1-3H3,(H,18,19). The highest BCUT2D eigenvalue weighted by atomic mass is 16.5. The number of aryl methyl sites for hydroxylation is 1. The number of ketones is 1. The third-order valence-electron chi connectivity index (χ3n) is 3.59. The number of hydrogen-bond acceptors (Lipinski definition) is 4. The van der Waals surface area contributed by atoms with E-state index in [0.29, 0.717) is 22.6 Å². The number of carbonyl (C=O) groups is 3. The molecule has 1 aromatic carbocycles. The highest BCUT2D eigenvalue weighted by Crippen LogP contribution is 2.34. The molecule has 112 valence electrons. The molecular weight excluding hydrogens is 274 g/mol. The number of aliphatic carboxylic acids is 1. The monoisotopic (exact) mass is 291 g/mol. The second-order valence-corrected chi connectivity index (χ2v) is 5.24. The maximum absolute atomic E-state index is 12.4. The fraction of sp³-hybridized carbons (Fsp3) is 0.400. The summed E-state index contributed by atoms with van der Waals surface area (Å²) < 4.78 is 5.35. The van der Waals surface area contributed by atoms with Gasteiger partial charge in [0.05, 0.1) is 12.1 Å². The molecule has 1 unspecified atom stereocenters. The Bertz CT molecular complexity index is 623. The topological polar surface area (TPSA) is 83.9 Å². The first-order valence-electron chi connectivity index (χ1n) is 6.61. The van der Waals surface area contributed by atoms with Crippen molar-refractivity contribution in [1.29, 1.82) is 0 Å². The summed E-state index contributed by atoms with van der Waals surface area (Å²) in [6, 6.07) is 3.31. The van der Waals surface area contributed by atoms with Crippen LogP contribution in [0.4, 0.5) is 5.69 Å². The molecule has 21 heavy (non-hydrogen) atoms. The van der Waals surface area contributed by atoms with Gasteiger partial charge in [0.25, 0.3) is 5.91 Å². The van der Waals surface area contributed by atoms with E-state index >= 15 is 0 Å². The van der Waals surface area contributed by atoms with Crippen LogP contribution in [0.15, 0.2) is 12.1 Å². The van der Waals surface area contributed by atoms with Gasteiger partial charge in [-0.25, -0.2) is 0 Å². The molecule has 1 atom stereocenters. The fourth-order valence-electron chi connectivity index (χ4n) is 2.30. The summed E-state index contributed by atoms with van der Waals surface area (Å²) in [4.78, 5) is 36.2. The van der Waals surface area contributed by atoms with Crippen LogP contribution in [0.1, 0.15) is 29.3 Å². The van der Waals surface area contributed by atoms with Crippen molar-refractivity contribution in [1.82, 2.24) is 0 Å². The van der Waals surface area contributed by atoms with Crippen molar-refractivity contribution in [2.45, 2.75) is 20.3 Å². The third-order valence-corrected chi connectivity index (χ3v) is 3.59. The number of rotatable bonds is 4. The lowest BCUT2D eigenvalue weighted by atomic mass is 9.92. The molecule has 0 saturated heterocycles. The van der Waals surface area contributed by atoms with Gasteiger partial charge in [0.15, 0.2) is 12.4 Å². The van der Waals surface area contributed by atoms with Crippen molar-refractivity contribution in [3.05, 3.63) is 23.3 Å². The van der Waals surface area contributed by atoms with Crippen LogP contribution in [0.25, 0.3) is 0 Å². The normalized spacial score (nSPS) is 15.2. The highest BCUT2D eigenvalue weighted by Gasteiger charge is 2.26. The number of carboxylic acid groups (broad SMARTS) is 1. The second kappa shape index (κ2) is 5.55. The van der Waals surface area contributed by atoms with E-state index in [-0.39, 0.29) is 24.7 Å². The Morgan fingerprint density at radius 1 is 1.43 bits per heavy atom. The van der Waals surface area contributed by atoms with Crippen molar-refractivity contribution in [2.75, 3.05) is 18.6 Å². The molecule has 1 aromatic rings. The summed E-state index contributed by atoms with van der Waals surface area (Å²) in [5, 5.41) is 8.79. The van der Waals surface area contributed by atoms with Crippen LogP contribution in [-0.2, 0) is 9.59 Å². The van der Waals surface area contributed by atoms with E-state index in [1.54, 1.807) is 33.0 Å². The highest BCUT2D eigenvalue weighted by molar-refractivity contribution is 6.04. The lowest BCUT2D eigenvalue weighted by Crippen LogP contribution is -2.35. The van der Waals surface area contributed by atoms with E-state index in [4.69, 9.17) is 9.84 Å². The predicted molar refractivity (Wildman–Crippen MR) is 75.8 cm³/mol. The molecule has 2 rings (SSSR count). The Hall–Kier alpha value is -2.37. The molecule has 0 radical (unpaired) electrons. The number of amides is 1. The fourth-order valence-corrected chi connectivity index (χ4v) is 2.30. The first-order valence-corrected chi connectivity index (χ1v) is 6.61.